The number of nitrogens with one attached hydrogen (secondary N) is 1. The number of thiophene rings is 1. The van der Waals surface area contributed by atoms with E-state index in [9.17, 15) is 0 Å². The van der Waals surface area contributed by atoms with Gasteiger partial charge in [-0.25, -0.2) is 0 Å². The molecule has 0 fully saturated rings. The van der Waals surface area contributed by atoms with Crippen LogP contribution >= 0.6 is 22.9 Å². The first-order valence-electron chi connectivity index (χ1n) is 6.58. The van der Waals surface area contributed by atoms with Gasteiger partial charge in [0.1, 0.15) is 12.7 Å². The second kappa shape index (κ2) is 6.04. The molecule has 20 heavy (non-hydrogen) atoms. The SMILES string of the molecule is CC(NCC1COc2ccccc2O1)c1csc(Cl)c1. The first-order chi connectivity index (χ1) is 9.72. The summed E-state index contributed by atoms with van der Waals surface area (Å²) in [6, 6.07) is 10.0. The molecule has 0 saturated carbocycles. The molecule has 0 aliphatic carbocycles. The monoisotopic (exact) mass is 309 g/mol. The van der Waals surface area contributed by atoms with Gasteiger partial charge in [0.05, 0.1) is 4.34 Å². The molecule has 1 aliphatic heterocycles. The number of hydrogen-bond donors (Lipinski definition) is 1. The van der Waals surface area contributed by atoms with Gasteiger partial charge in [-0.2, -0.15) is 0 Å². The summed E-state index contributed by atoms with van der Waals surface area (Å²) in [5.41, 5.74) is 1.21. The summed E-state index contributed by atoms with van der Waals surface area (Å²) in [6.45, 7) is 3.43. The van der Waals surface area contributed by atoms with Gasteiger partial charge < -0.3 is 14.8 Å². The fourth-order valence-electron chi connectivity index (χ4n) is 2.14. The fourth-order valence-corrected chi connectivity index (χ4v) is 3.12. The molecule has 0 spiro atoms. The third kappa shape index (κ3) is 3.08. The van der Waals surface area contributed by atoms with Crippen LogP contribution in [-0.2, 0) is 0 Å². The Labute approximate surface area is 127 Å². The standard InChI is InChI=1S/C15H16ClNO2S/c1-10(11-6-15(16)20-9-11)17-7-12-8-18-13-4-2-3-5-14(13)19-12/h2-6,9-10,12,17H,7-8H2,1H3. The van der Waals surface area contributed by atoms with Gasteiger partial charge in [0.15, 0.2) is 11.5 Å². The number of hydrogen-bond acceptors (Lipinski definition) is 4. The maximum Gasteiger partial charge on any atom is 0.161 e. The molecule has 0 saturated heterocycles. The Balaban J connectivity index is 1.55. The minimum Gasteiger partial charge on any atom is -0.486 e. The topological polar surface area (TPSA) is 30.5 Å². The Bertz CT molecular complexity index is 587. The van der Waals surface area contributed by atoms with E-state index in [-0.39, 0.29) is 12.1 Å². The van der Waals surface area contributed by atoms with Gasteiger partial charge in [-0.15, -0.1) is 11.3 Å². The summed E-state index contributed by atoms with van der Waals surface area (Å²) in [6.07, 6.45) is 0.0291. The summed E-state index contributed by atoms with van der Waals surface area (Å²) in [7, 11) is 0. The highest BCUT2D eigenvalue weighted by Gasteiger charge is 2.21. The van der Waals surface area contributed by atoms with Crippen LogP contribution in [0, 0.1) is 0 Å². The molecule has 1 N–H and O–H groups in total. The molecule has 2 atom stereocenters. The van der Waals surface area contributed by atoms with Crippen LogP contribution in [0.4, 0.5) is 0 Å². The Kier molecular flexibility index (Phi) is 4.15. The number of rotatable bonds is 4. The van der Waals surface area contributed by atoms with Crippen molar-refractivity contribution in [2.24, 2.45) is 0 Å². The number of halogens is 1. The van der Waals surface area contributed by atoms with Crippen LogP contribution in [0.3, 0.4) is 0 Å². The molecular weight excluding hydrogens is 294 g/mol. The zero-order valence-corrected chi connectivity index (χ0v) is 12.7. The highest BCUT2D eigenvalue weighted by molar-refractivity contribution is 7.14. The molecule has 106 valence electrons. The van der Waals surface area contributed by atoms with Crippen LogP contribution in [0.15, 0.2) is 35.7 Å². The van der Waals surface area contributed by atoms with Gasteiger partial charge in [0.25, 0.3) is 0 Å². The second-order valence-electron chi connectivity index (χ2n) is 4.81. The normalized spacial score (nSPS) is 18.8. The summed E-state index contributed by atoms with van der Waals surface area (Å²) < 4.78 is 12.4. The molecule has 1 aromatic heterocycles. The van der Waals surface area contributed by atoms with Crippen molar-refractivity contribution in [1.82, 2.24) is 5.32 Å². The van der Waals surface area contributed by atoms with Crippen LogP contribution in [0.2, 0.25) is 4.34 Å². The summed E-state index contributed by atoms with van der Waals surface area (Å²) in [4.78, 5) is 0. The maximum atomic E-state index is 5.96. The molecule has 1 aliphatic rings. The highest BCUT2D eigenvalue weighted by atomic mass is 35.5. The zero-order chi connectivity index (χ0) is 13.9. The minimum absolute atomic E-state index is 0.0291. The molecule has 0 amide bonds. The number of fused-ring (bicyclic) bond motifs is 1. The van der Waals surface area contributed by atoms with Crippen molar-refractivity contribution in [2.75, 3.05) is 13.2 Å². The van der Waals surface area contributed by atoms with Gasteiger partial charge in [-0.1, -0.05) is 23.7 Å². The van der Waals surface area contributed by atoms with Gasteiger partial charge in [-0.05, 0) is 36.1 Å². The quantitative estimate of drug-likeness (QED) is 0.929. The fraction of sp³-hybridized carbons (Fsp3) is 0.333. The van der Waals surface area contributed by atoms with Gasteiger partial charge >= 0.3 is 0 Å². The summed E-state index contributed by atoms with van der Waals surface area (Å²) in [5.74, 6) is 1.64. The smallest absolute Gasteiger partial charge is 0.161 e. The molecule has 0 bridgehead atoms. The van der Waals surface area contributed by atoms with Gasteiger partial charge in [-0.3, -0.25) is 0 Å². The molecule has 2 unspecified atom stereocenters. The lowest BCUT2D eigenvalue weighted by Gasteiger charge is -2.27. The largest absolute Gasteiger partial charge is 0.486 e. The number of ether oxygens (including phenoxy) is 2. The lowest BCUT2D eigenvalue weighted by molar-refractivity contribution is 0.0886. The van der Waals surface area contributed by atoms with E-state index >= 15 is 0 Å². The third-order valence-corrected chi connectivity index (χ3v) is 4.42. The molecular formula is C15H16ClNO2S. The molecule has 1 aromatic carbocycles. The van der Waals surface area contributed by atoms with Crippen molar-refractivity contribution in [3.05, 3.63) is 45.6 Å². The van der Waals surface area contributed by atoms with Crippen molar-refractivity contribution in [3.63, 3.8) is 0 Å². The molecule has 2 heterocycles. The van der Waals surface area contributed by atoms with Gasteiger partial charge in [0, 0.05) is 12.6 Å². The van der Waals surface area contributed by atoms with Gasteiger partial charge in [0.2, 0.25) is 0 Å². The molecule has 3 nitrogen and oxygen atoms in total. The van der Waals surface area contributed by atoms with E-state index in [0.717, 1.165) is 22.4 Å². The summed E-state index contributed by atoms with van der Waals surface area (Å²) in [5, 5.41) is 5.53. The minimum atomic E-state index is 0.0291. The van der Waals surface area contributed by atoms with Crippen LogP contribution < -0.4 is 14.8 Å². The molecule has 3 rings (SSSR count). The van der Waals surface area contributed by atoms with E-state index in [1.165, 1.54) is 5.56 Å². The zero-order valence-electron chi connectivity index (χ0n) is 11.1. The number of para-hydroxylation sites is 2. The van der Waals surface area contributed by atoms with Crippen molar-refractivity contribution >= 4 is 22.9 Å². The predicted octanol–water partition coefficient (Wildman–Crippen LogP) is 3.89. The lowest BCUT2D eigenvalue weighted by atomic mass is 10.2. The van der Waals surface area contributed by atoms with Crippen LogP contribution in [0.25, 0.3) is 0 Å². The first-order valence-corrected chi connectivity index (χ1v) is 7.84. The second-order valence-corrected chi connectivity index (χ2v) is 6.35. The Morgan fingerprint density at radius 1 is 1.40 bits per heavy atom. The Morgan fingerprint density at radius 2 is 2.20 bits per heavy atom. The van der Waals surface area contributed by atoms with Crippen molar-refractivity contribution in [3.8, 4) is 11.5 Å². The molecule has 0 radical (unpaired) electrons. The average molecular weight is 310 g/mol. The van der Waals surface area contributed by atoms with E-state index in [0.29, 0.717) is 6.61 Å². The number of benzene rings is 1. The maximum absolute atomic E-state index is 5.96. The average Bonchev–Trinajstić information content (AvgIpc) is 2.91. The van der Waals surface area contributed by atoms with E-state index in [2.05, 4.69) is 17.6 Å². The molecule has 5 heteroatoms. The predicted molar refractivity (Wildman–Crippen MR) is 82.1 cm³/mol. The third-order valence-electron chi connectivity index (χ3n) is 3.31. The molecule has 2 aromatic rings. The van der Waals surface area contributed by atoms with E-state index < -0.39 is 0 Å². The Hall–Kier alpha value is -1.23. The van der Waals surface area contributed by atoms with E-state index in [1.807, 2.05) is 30.3 Å². The highest BCUT2D eigenvalue weighted by Crippen LogP contribution is 2.31. The van der Waals surface area contributed by atoms with Crippen molar-refractivity contribution in [2.45, 2.75) is 19.1 Å². The Morgan fingerprint density at radius 3 is 2.95 bits per heavy atom. The van der Waals surface area contributed by atoms with E-state index in [4.69, 9.17) is 21.1 Å². The lowest BCUT2D eigenvalue weighted by Crippen LogP contribution is -2.39. The van der Waals surface area contributed by atoms with Crippen molar-refractivity contribution < 1.29 is 9.47 Å². The first kappa shape index (κ1) is 13.7. The van der Waals surface area contributed by atoms with Crippen LogP contribution in [0.1, 0.15) is 18.5 Å². The van der Waals surface area contributed by atoms with Crippen LogP contribution in [-0.4, -0.2) is 19.3 Å². The van der Waals surface area contributed by atoms with E-state index in [1.54, 1.807) is 11.3 Å². The van der Waals surface area contributed by atoms with Crippen LogP contribution in [0.5, 0.6) is 11.5 Å². The summed E-state index contributed by atoms with van der Waals surface area (Å²) >= 11 is 7.51. The van der Waals surface area contributed by atoms with Crippen molar-refractivity contribution in [1.29, 1.82) is 0 Å².